The van der Waals surface area contributed by atoms with Gasteiger partial charge in [-0.15, -0.1) is 0 Å². The van der Waals surface area contributed by atoms with Gasteiger partial charge in [0.15, 0.2) is 0 Å². The van der Waals surface area contributed by atoms with Gasteiger partial charge in [0.25, 0.3) is 5.56 Å². The Balaban J connectivity index is 2.87. The largest absolute Gasteiger partial charge is 0.350 e. The van der Waals surface area contributed by atoms with E-state index in [0.717, 1.165) is 4.68 Å². The fourth-order valence-electron chi connectivity index (χ4n) is 1.15. The van der Waals surface area contributed by atoms with Gasteiger partial charge in [0, 0.05) is 5.54 Å². The zero-order chi connectivity index (χ0) is 13.2. The van der Waals surface area contributed by atoms with Gasteiger partial charge in [0.05, 0.1) is 11.2 Å². The van der Waals surface area contributed by atoms with Crippen molar-refractivity contribution in [1.82, 2.24) is 15.1 Å². The third-order valence-electron chi connectivity index (χ3n) is 1.75. The first-order chi connectivity index (χ1) is 7.70. The monoisotopic (exact) mass is 277 g/mol. The maximum Gasteiger partial charge on any atom is 0.287 e. The summed E-state index contributed by atoms with van der Waals surface area (Å²) in [5.74, 6) is -0.314. The van der Waals surface area contributed by atoms with Crippen molar-refractivity contribution in [2.45, 2.75) is 32.9 Å². The van der Waals surface area contributed by atoms with Gasteiger partial charge in [-0.05, 0) is 20.8 Å². The van der Waals surface area contributed by atoms with Crippen LogP contribution in [0.3, 0.4) is 0 Å². The number of hydrogen-bond donors (Lipinski definition) is 1. The number of nitrogens with one attached hydrogen (secondary N) is 1. The van der Waals surface area contributed by atoms with Crippen molar-refractivity contribution in [2.24, 2.45) is 0 Å². The molecule has 0 aromatic carbocycles. The average Bonchev–Trinajstić information content (AvgIpc) is 2.16. The Morgan fingerprint density at radius 2 is 2.06 bits per heavy atom. The van der Waals surface area contributed by atoms with E-state index in [-0.39, 0.29) is 28.0 Å². The summed E-state index contributed by atoms with van der Waals surface area (Å²) in [6.45, 7) is 5.34. The molecule has 1 N–H and O–H groups in total. The molecule has 0 atom stereocenters. The van der Waals surface area contributed by atoms with Crippen molar-refractivity contribution in [3.8, 4) is 0 Å². The predicted octanol–water partition coefficient (Wildman–Crippen LogP) is 1.46. The second kappa shape index (κ2) is 5.06. The van der Waals surface area contributed by atoms with E-state index in [0.29, 0.717) is 0 Å². The quantitative estimate of drug-likeness (QED) is 0.890. The van der Waals surface area contributed by atoms with Gasteiger partial charge in [-0.25, -0.2) is 4.68 Å². The van der Waals surface area contributed by atoms with E-state index in [1.807, 2.05) is 20.8 Å². The molecule has 17 heavy (non-hydrogen) atoms. The summed E-state index contributed by atoms with van der Waals surface area (Å²) in [4.78, 5) is 23.2. The average molecular weight is 278 g/mol. The molecule has 0 radical (unpaired) electrons. The van der Waals surface area contributed by atoms with E-state index >= 15 is 0 Å². The van der Waals surface area contributed by atoms with E-state index in [1.165, 1.54) is 6.20 Å². The summed E-state index contributed by atoms with van der Waals surface area (Å²) in [5.41, 5.74) is -0.945. The molecule has 7 heteroatoms. The van der Waals surface area contributed by atoms with Crippen LogP contribution in [-0.4, -0.2) is 21.2 Å². The van der Waals surface area contributed by atoms with Gasteiger partial charge in [-0.3, -0.25) is 9.59 Å². The van der Waals surface area contributed by atoms with Crippen LogP contribution in [0.25, 0.3) is 0 Å². The van der Waals surface area contributed by atoms with Crippen LogP contribution in [-0.2, 0) is 11.3 Å². The number of carbonyl (C=O) groups excluding carboxylic acids is 1. The maximum absolute atomic E-state index is 11.6. The molecule has 1 rings (SSSR count). The third kappa shape index (κ3) is 4.02. The predicted molar refractivity (Wildman–Crippen MR) is 66.4 cm³/mol. The highest BCUT2D eigenvalue weighted by atomic mass is 35.5. The van der Waals surface area contributed by atoms with E-state index in [4.69, 9.17) is 23.2 Å². The lowest BCUT2D eigenvalue weighted by atomic mass is 10.1. The number of halogens is 2. The van der Waals surface area contributed by atoms with Crippen LogP contribution in [0, 0.1) is 0 Å². The highest BCUT2D eigenvalue weighted by Crippen LogP contribution is 2.14. The molecule has 0 saturated heterocycles. The van der Waals surface area contributed by atoms with E-state index in [1.54, 1.807) is 0 Å². The lowest BCUT2D eigenvalue weighted by Crippen LogP contribution is -2.43. The number of rotatable bonds is 2. The topological polar surface area (TPSA) is 64.0 Å². The highest BCUT2D eigenvalue weighted by molar-refractivity contribution is 6.41. The summed E-state index contributed by atoms with van der Waals surface area (Å²) in [5, 5.41) is 6.39. The van der Waals surface area contributed by atoms with Crippen LogP contribution in [0.2, 0.25) is 10.0 Å². The summed E-state index contributed by atoms with van der Waals surface area (Å²) >= 11 is 11.3. The smallest absolute Gasteiger partial charge is 0.287 e. The van der Waals surface area contributed by atoms with Crippen molar-refractivity contribution in [3.63, 3.8) is 0 Å². The summed E-state index contributed by atoms with van der Waals surface area (Å²) < 4.78 is 0.968. The first kappa shape index (κ1) is 14.0. The van der Waals surface area contributed by atoms with Crippen LogP contribution in [0.15, 0.2) is 11.0 Å². The third-order valence-corrected chi connectivity index (χ3v) is 2.50. The van der Waals surface area contributed by atoms with Crippen molar-refractivity contribution in [3.05, 3.63) is 26.6 Å². The number of amides is 1. The van der Waals surface area contributed by atoms with E-state index < -0.39 is 5.56 Å². The molecule has 0 aliphatic carbocycles. The number of carbonyl (C=O) groups is 1. The lowest BCUT2D eigenvalue weighted by molar-refractivity contribution is -0.123. The minimum atomic E-state index is -0.580. The summed E-state index contributed by atoms with van der Waals surface area (Å²) in [7, 11) is 0. The Kier molecular flexibility index (Phi) is 4.16. The molecule has 0 spiro atoms. The second-order valence-corrected chi connectivity index (χ2v) is 5.35. The molecule has 94 valence electrons. The minimum absolute atomic E-state index is 0.0733. The van der Waals surface area contributed by atoms with Crippen molar-refractivity contribution in [1.29, 1.82) is 0 Å². The molecular weight excluding hydrogens is 265 g/mol. The maximum atomic E-state index is 11.6. The molecule has 1 heterocycles. The highest BCUT2D eigenvalue weighted by Gasteiger charge is 2.16. The number of nitrogens with zero attached hydrogens (tertiary/aromatic N) is 2. The Hall–Kier alpha value is -1.07. The van der Waals surface area contributed by atoms with Crippen LogP contribution in [0.4, 0.5) is 0 Å². The van der Waals surface area contributed by atoms with Gasteiger partial charge in [-0.1, -0.05) is 23.2 Å². The Labute approximate surface area is 109 Å². The van der Waals surface area contributed by atoms with Crippen molar-refractivity contribution in [2.75, 3.05) is 0 Å². The SMILES string of the molecule is CC(C)(C)NC(=O)Cn1ncc(Cl)c(Cl)c1=O. The zero-order valence-electron chi connectivity index (χ0n) is 9.75. The molecule has 0 unspecified atom stereocenters. The molecule has 0 aliphatic heterocycles. The van der Waals surface area contributed by atoms with Crippen LogP contribution >= 0.6 is 23.2 Å². The Morgan fingerprint density at radius 3 is 2.59 bits per heavy atom. The van der Waals surface area contributed by atoms with Gasteiger partial charge in [-0.2, -0.15) is 5.10 Å². The van der Waals surface area contributed by atoms with Crippen LogP contribution in [0.5, 0.6) is 0 Å². The Bertz CT molecular complexity index is 491. The molecule has 5 nitrogen and oxygen atoms in total. The fourth-order valence-corrected chi connectivity index (χ4v) is 1.42. The lowest BCUT2D eigenvalue weighted by Gasteiger charge is -2.20. The van der Waals surface area contributed by atoms with Gasteiger partial charge >= 0.3 is 0 Å². The standard InChI is InChI=1S/C10H13Cl2N3O2/c1-10(2,3)14-7(16)5-15-9(17)8(12)6(11)4-13-15/h4H,5H2,1-3H3,(H,14,16). The molecule has 0 aliphatic rings. The molecule has 0 fully saturated rings. The molecule has 0 saturated carbocycles. The van der Waals surface area contributed by atoms with Crippen molar-refractivity contribution >= 4 is 29.1 Å². The van der Waals surface area contributed by atoms with Gasteiger partial charge in [0.1, 0.15) is 11.6 Å². The fraction of sp³-hybridized carbons (Fsp3) is 0.500. The summed E-state index contributed by atoms with van der Waals surface area (Å²) in [6.07, 6.45) is 1.23. The molecule has 1 aromatic rings. The molecule has 0 bridgehead atoms. The molecule has 1 aromatic heterocycles. The second-order valence-electron chi connectivity index (χ2n) is 4.57. The molecule has 1 amide bonds. The number of aromatic nitrogens is 2. The molecular formula is C10H13Cl2N3O2. The zero-order valence-corrected chi connectivity index (χ0v) is 11.3. The minimum Gasteiger partial charge on any atom is -0.350 e. The van der Waals surface area contributed by atoms with Crippen LogP contribution in [0.1, 0.15) is 20.8 Å². The van der Waals surface area contributed by atoms with Gasteiger partial charge in [0.2, 0.25) is 5.91 Å². The van der Waals surface area contributed by atoms with E-state index in [9.17, 15) is 9.59 Å². The Morgan fingerprint density at radius 1 is 1.47 bits per heavy atom. The van der Waals surface area contributed by atoms with Crippen molar-refractivity contribution < 1.29 is 4.79 Å². The van der Waals surface area contributed by atoms with Gasteiger partial charge < -0.3 is 5.32 Å². The van der Waals surface area contributed by atoms with E-state index in [2.05, 4.69) is 10.4 Å². The normalized spacial score (nSPS) is 11.4. The number of hydrogen-bond acceptors (Lipinski definition) is 3. The first-order valence-corrected chi connectivity index (χ1v) is 5.68. The van der Waals surface area contributed by atoms with Crippen LogP contribution < -0.4 is 10.9 Å². The summed E-state index contributed by atoms with van der Waals surface area (Å²) in [6, 6.07) is 0. The first-order valence-electron chi connectivity index (χ1n) is 4.93.